The van der Waals surface area contributed by atoms with Crippen molar-refractivity contribution in [1.29, 1.82) is 0 Å². The Morgan fingerprint density at radius 2 is 2.06 bits per heavy atom. The van der Waals surface area contributed by atoms with E-state index in [4.69, 9.17) is 21.8 Å². The molecule has 1 rings (SSSR count). The molecule has 0 heterocycles. The van der Waals surface area contributed by atoms with Crippen LogP contribution in [0.5, 0.6) is 0 Å². The molecule has 0 atom stereocenters. The molecule has 100 valence electrons. The monoisotopic (exact) mass is 335 g/mol. The molecule has 4 nitrogen and oxygen atoms in total. The van der Waals surface area contributed by atoms with E-state index < -0.39 is 5.54 Å². The van der Waals surface area contributed by atoms with Crippen LogP contribution in [0.3, 0.4) is 0 Å². The standard InChI is InChI=1S/C12H15BrClNO3/c1-12(6-16,7-17)15-11(18)4-8-2-3-9(14)5-10(8)13/h2-3,5,16-17H,4,6-7H2,1H3,(H,15,18). The molecule has 3 N–H and O–H groups in total. The Balaban J connectivity index is 2.70. The van der Waals surface area contributed by atoms with Crippen molar-refractivity contribution in [1.82, 2.24) is 5.32 Å². The Kier molecular flexibility index (Phi) is 5.59. The van der Waals surface area contributed by atoms with Crippen LogP contribution in [-0.4, -0.2) is 34.9 Å². The number of hydrogen-bond donors (Lipinski definition) is 3. The van der Waals surface area contributed by atoms with E-state index in [9.17, 15) is 4.79 Å². The van der Waals surface area contributed by atoms with Gasteiger partial charge in [-0.15, -0.1) is 0 Å². The van der Waals surface area contributed by atoms with Crippen molar-refractivity contribution in [2.75, 3.05) is 13.2 Å². The minimum absolute atomic E-state index is 0.146. The van der Waals surface area contributed by atoms with Crippen LogP contribution in [0, 0.1) is 0 Å². The average Bonchev–Trinajstić information content (AvgIpc) is 2.32. The quantitative estimate of drug-likeness (QED) is 0.763. The van der Waals surface area contributed by atoms with Crippen molar-refractivity contribution in [3.8, 4) is 0 Å². The number of aliphatic hydroxyl groups excluding tert-OH is 2. The lowest BCUT2D eigenvalue weighted by Gasteiger charge is -2.26. The molecule has 0 aromatic heterocycles. The summed E-state index contributed by atoms with van der Waals surface area (Å²) in [7, 11) is 0. The van der Waals surface area contributed by atoms with Crippen molar-refractivity contribution in [2.45, 2.75) is 18.9 Å². The number of carbonyl (C=O) groups excluding carboxylic acids is 1. The number of carbonyl (C=O) groups is 1. The molecule has 1 aromatic rings. The first-order chi connectivity index (χ1) is 8.40. The van der Waals surface area contributed by atoms with Gasteiger partial charge in [-0.25, -0.2) is 0 Å². The van der Waals surface area contributed by atoms with Crippen LogP contribution in [0.15, 0.2) is 22.7 Å². The number of halogens is 2. The normalized spacial score (nSPS) is 11.4. The second-order valence-corrected chi connectivity index (χ2v) is 5.63. The van der Waals surface area contributed by atoms with E-state index in [2.05, 4.69) is 21.2 Å². The van der Waals surface area contributed by atoms with Crippen LogP contribution in [0.25, 0.3) is 0 Å². The van der Waals surface area contributed by atoms with Gasteiger partial charge in [-0.1, -0.05) is 33.6 Å². The topological polar surface area (TPSA) is 69.6 Å². The number of rotatable bonds is 5. The summed E-state index contributed by atoms with van der Waals surface area (Å²) in [5.41, 5.74) is -0.217. The van der Waals surface area contributed by atoms with E-state index in [1.165, 1.54) is 0 Å². The molecule has 1 aromatic carbocycles. The zero-order valence-electron chi connectivity index (χ0n) is 9.91. The molecule has 6 heteroatoms. The molecule has 1 amide bonds. The third kappa shape index (κ3) is 4.24. The van der Waals surface area contributed by atoms with Crippen molar-refractivity contribution >= 4 is 33.4 Å². The van der Waals surface area contributed by atoms with Gasteiger partial charge in [-0.05, 0) is 24.6 Å². The van der Waals surface area contributed by atoms with Gasteiger partial charge >= 0.3 is 0 Å². The smallest absolute Gasteiger partial charge is 0.225 e. The Hall–Kier alpha value is -0.620. The Labute approximate surface area is 119 Å². The molecular weight excluding hydrogens is 321 g/mol. The van der Waals surface area contributed by atoms with Gasteiger partial charge in [-0.2, -0.15) is 0 Å². The first-order valence-electron chi connectivity index (χ1n) is 5.37. The van der Waals surface area contributed by atoms with Crippen LogP contribution in [-0.2, 0) is 11.2 Å². The van der Waals surface area contributed by atoms with E-state index in [1.54, 1.807) is 25.1 Å². The summed E-state index contributed by atoms with van der Waals surface area (Å²) < 4.78 is 0.750. The predicted octanol–water partition coefficient (Wildman–Crippen LogP) is 1.50. The summed E-state index contributed by atoms with van der Waals surface area (Å²) in [5.74, 6) is -0.274. The highest BCUT2D eigenvalue weighted by Gasteiger charge is 2.24. The average molecular weight is 337 g/mol. The van der Waals surface area contributed by atoms with Crippen molar-refractivity contribution in [3.63, 3.8) is 0 Å². The van der Waals surface area contributed by atoms with Crippen LogP contribution in [0.4, 0.5) is 0 Å². The maximum absolute atomic E-state index is 11.8. The summed E-state index contributed by atoms with van der Waals surface area (Å²) in [6.07, 6.45) is 0.146. The van der Waals surface area contributed by atoms with Crippen molar-refractivity contribution < 1.29 is 15.0 Å². The molecule has 0 aliphatic rings. The van der Waals surface area contributed by atoms with Gasteiger partial charge in [0.25, 0.3) is 0 Å². The Morgan fingerprint density at radius 3 is 2.56 bits per heavy atom. The van der Waals surface area contributed by atoms with Crippen molar-refractivity contribution in [2.24, 2.45) is 0 Å². The Morgan fingerprint density at radius 1 is 1.44 bits per heavy atom. The lowest BCUT2D eigenvalue weighted by Crippen LogP contribution is -2.52. The van der Waals surface area contributed by atoms with Gasteiger partial charge in [-0.3, -0.25) is 4.79 Å². The molecular formula is C12H15BrClNO3. The summed E-state index contributed by atoms with van der Waals surface area (Å²) in [4.78, 5) is 11.8. The minimum Gasteiger partial charge on any atom is -0.394 e. The largest absolute Gasteiger partial charge is 0.394 e. The molecule has 0 saturated heterocycles. The maximum Gasteiger partial charge on any atom is 0.225 e. The second-order valence-electron chi connectivity index (χ2n) is 4.34. The Bertz CT molecular complexity index is 435. The summed E-state index contributed by atoms with van der Waals surface area (Å²) in [6.45, 7) is 0.926. The summed E-state index contributed by atoms with van der Waals surface area (Å²) >= 11 is 9.13. The van der Waals surface area contributed by atoms with Crippen molar-refractivity contribution in [3.05, 3.63) is 33.3 Å². The molecule has 18 heavy (non-hydrogen) atoms. The number of aliphatic hydroxyl groups is 2. The maximum atomic E-state index is 11.8. The SMILES string of the molecule is CC(CO)(CO)NC(=O)Cc1ccc(Cl)cc1Br. The summed E-state index contributed by atoms with van der Waals surface area (Å²) in [5, 5.41) is 21.4. The van der Waals surface area contributed by atoms with Gasteiger partial charge in [0.15, 0.2) is 0 Å². The van der Waals surface area contributed by atoms with Gasteiger partial charge in [0, 0.05) is 9.50 Å². The first kappa shape index (κ1) is 15.4. The first-order valence-corrected chi connectivity index (χ1v) is 6.54. The third-order valence-corrected chi connectivity index (χ3v) is 3.48. The van der Waals surface area contributed by atoms with E-state index in [0.717, 1.165) is 10.0 Å². The summed E-state index contributed by atoms with van der Waals surface area (Å²) in [6, 6.07) is 5.16. The van der Waals surface area contributed by atoms with Gasteiger partial charge in [0.2, 0.25) is 5.91 Å². The highest BCUT2D eigenvalue weighted by Crippen LogP contribution is 2.22. The molecule has 0 aliphatic carbocycles. The predicted molar refractivity (Wildman–Crippen MR) is 73.6 cm³/mol. The molecule has 0 radical (unpaired) electrons. The number of benzene rings is 1. The van der Waals surface area contributed by atoms with Crippen LogP contribution in [0.2, 0.25) is 5.02 Å². The van der Waals surface area contributed by atoms with Gasteiger partial charge in [0.1, 0.15) is 0 Å². The molecule has 0 unspecified atom stereocenters. The van der Waals surface area contributed by atoms with E-state index in [1.807, 2.05) is 0 Å². The fraction of sp³-hybridized carbons (Fsp3) is 0.417. The van der Waals surface area contributed by atoms with E-state index in [-0.39, 0.29) is 25.5 Å². The van der Waals surface area contributed by atoms with Crippen LogP contribution in [0.1, 0.15) is 12.5 Å². The fourth-order valence-electron chi connectivity index (χ4n) is 1.35. The fourth-order valence-corrected chi connectivity index (χ4v) is 2.17. The van der Waals surface area contributed by atoms with E-state index in [0.29, 0.717) is 5.02 Å². The highest BCUT2D eigenvalue weighted by molar-refractivity contribution is 9.10. The minimum atomic E-state index is -1.00. The van der Waals surface area contributed by atoms with Crippen LogP contribution >= 0.6 is 27.5 Å². The second kappa shape index (κ2) is 6.52. The molecule has 0 bridgehead atoms. The van der Waals surface area contributed by atoms with E-state index >= 15 is 0 Å². The molecule has 0 aliphatic heterocycles. The number of amides is 1. The third-order valence-electron chi connectivity index (χ3n) is 2.51. The lowest BCUT2D eigenvalue weighted by molar-refractivity contribution is -0.123. The van der Waals surface area contributed by atoms with Gasteiger partial charge < -0.3 is 15.5 Å². The molecule has 0 fully saturated rings. The number of hydrogen-bond acceptors (Lipinski definition) is 3. The lowest BCUT2D eigenvalue weighted by atomic mass is 10.0. The zero-order chi connectivity index (χ0) is 13.8. The zero-order valence-corrected chi connectivity index (χ0v) is 12.3. The number of nitrogens with one attached hydrogen (secondary N) is 1. The van der Waals surface area contributed by atoms with Gasteiger partial charge in [0.05, 0.1) is 25.2 Å². The molecule has 0 saturated carbocycles. The molecule has 0 spiro atoms. The van der Waals surface area contributed by atoms with Crippen LogP contribution < -0.4 is 5.32 Å². The highest BCUT2D eigenvalue weighted by atomic mass is 79.9.